The molecule has 0 aromatic rings. The molecule has 0 heterocycles. The number of nitrogens with zero attached hydrogens (tertiary/aromatic N) is 1. The Morgan fingerprint density at radius 2 is 2.27 bits per heavy atom. The molecule has 0 unspecified atom stereocenters. The van der Waals surface area contributed by atoms with Gasteiger partial charge in [0.15, 0.2) is 0 Å². The molecule has 4 nitrogen and oxygen atoms in total. The summed E-state index contributed by atoms with van der Waals surface area (Å²) in [4.78, 5) is 13.5. The lowest BCUT2D eigenvalue weighted by Crippen LogP contribution is -2.34. The first-order chi connectivity index (χ1) is 7.15. The van der Waals surface area contributed by atoms with Crippen LogP contribution >= 0.6 is 0 Å². The molecular weight excluding hydrogens is 192 g/mol. The minimum absolute atomic E-state index is 0.189. The second-order valence-corrected chi connectivity index (χ2v) is 4.37. The number of likely N-dealkylation sites (N-methyl/N-ethyl adjacent to an activating group) is 1. The van der Waals surface area contributed by atoms with Crippen LogP contribution in [0.4, 0.5) is 0 Å². The Bertz CT molecular complexity index is 209. The zero-order valence-corrected chi connectivity index (χ0v) is 9.74. The van der Waals surface area contributed by atoms with Crippen LogP contribution in [-0.4, -0.2) is 44.2 Å². The highest BCUT2D eigenvalue weighted by Gasteiger charge is 2.26. The largest absolute Gasteiger partial charge is 0.383 e. The van der Waals surface area contributed by atoms with Gasteiger partial charge in [-0.2, -0.15) is 0 Å². The van der Waals surface area contributed by atoms with Crippen molar-refractivity contribution >= 4 is 5.91 Å². The summed E-state index contributed by atoms with van der Waals surface area (Å²) in [6.07, 6.45) is 3.94. The summed E-state index contributed by atoms with van der Waals surface area (Å²) >= 11 is 0. The predicted octanol–water partition coefficient (Wildman–Crippen LogP) is 0.609. The Hall–Kier alpha value is -0.610. The summed E-state index contributed by atoms with van der Waals surface area (Å²) in [5, 5.41) is 0. The summed E-state index contributed by atoms with van der Waals surface area (Å²) in [5.41, 5.74) is 5.93. The van der Waals surface area contributed by atoms with Gasteiger partial charge < -0.3 is 15.4 Å². The molecule has 0 aromatic heterocycles. The third-order valence-corrected chi connectivity index (χ3v) is 3.21. The van der Waals surface area contributed by atoms with Gasteiger partial charge in [-0.3, -0.25) is 4.79 Å². The van der Waals surface area contributed by atoms with Crippen LogP contribution in [0.15, 0.2) is 0 Å². The van der Waals surface area contributed by atoms with Crippen molar-refractivity contribution in [2.45, 2.75) is 31.7 Å². The van der Waals surface area contributed by atoms with Gasteiger partial charge in [-0.15, -0.1) is 0 Å². The highest BCUT2D eigenvalue weighted by atomic mass is 16.5. The van der Waals surface area contributed by atoms with Crippen LogP contribution in [0, 0.1) is 5.92 Å². The Balaban J connectivity index is 2.27. The Morgan fingerprint density at radius 1 is 1.53 bits per heavy atom. The fourth-order valence-corrected chi connectivity index (χ4v) is 2.05. The Morgan fingerprint density at radius 3 is 2.80 bits per heavy atom. The van der Waals surface area contributed by atoms with Crippen molar-refractivity contribution in [2.75, 3.05) is 27.3 Å². The summed E-state index contributed by atoms with van der Waals surface area (Å²) in [7, 11) is 3.47. The molecular formula is C11H22N2O2. The van der Waals surface area contributed by atoms with Gasteiger partial charge in [0.1, 0.15) is 0 Å². The first-order valence-corrected chi connectivity index (χ1v) is 5.63. The van der Waals surface area contributed by atoms with Crippen molar-refractivity contribution in [3.8, 4) is 0 Å². The summed E-state index contributed by atoms with van der Waals surface area (Å²) in [6, 6.07) is 0.227. The topological polar surface area (TPSA) is 55.6 Å². The van der Waals surface area contributed by atoms with E-state index in [0.717, 1.165) is 12.8 Å². The number of hydrogen-bond acceptors (Lipinski definition) is 3. The fourth-order valence-electron chi connectivity index (χ4n) is 2.05. The van der Waals surface area contributed by atoms with E-state index >= 15 is 0 Å². The average Bonchev–Trinajstić information content (AvgIpc) is 2.61. The van der Waals surface area contributed by atoms with Crippen LogP contribution in [0.25, 0.3) is 0 Å². The van der Waals surface area contributed by atoms with Crippen molar-refractivity contribution in [2.24, 2.45) is 11.7 Å². The van der Waals surface area contributed by atoms with Crippen LogP contribution < -0.4 is 5.73 Å². The number of methoxy groups -OCH3 is 1. The maximum Gasteiger partial charge on any atom is 0.222 e. The summed E-state index contributed by atoms with van der Waals surface area (Å²) in [5.74, 6) is 0.580. The second-order valence-electron chi connectivity index (χ2n) is 4.37. The van der Waals surface area contributed by atoms with Gasteiger partial charge in [0.25, 0.3) is 0 Å². The van der Waals surface area contributed by atoms with Gasteiger partial charge in [-0.05, 0) is 18.8 Å². The zero-order chi connectivity index (χ0) is 11.3. The molecule has 1 amide bonds. The Labute approximate surface area is 91.8 Å². The number of amides is 1. The van der Waals surface area contributed by atoms with E-state index < -0.39 is 0 Å². The van der Waals surface area contributed by atoms with Gasteiger partial charge in [0.05, 0.1) is 6.61 Å². The van der Waals surface area contributed by atoms with Crippen molar-refractivity contribution in [3.05, 3.63) is 0 Å². The first kappa shape index (κ1) is 12.5. The maximum absolute atomic E-state index is 11.8. The maximum atomic E-state index is 11.8. The Kier molecular flexibility index (Phi) is 5.05. The van der Waals surface area contributed by atoms with Crippen LogP contribution in [0.1, 0.15) is 25.7 Å². The van der Waals surface area contributed by atoms with E-state index in [0.29, 0.717) is 25.5 Å². The zero-order valence-electron chi connectivity index (χ0n) is 9.74. The van der Waals surface area contributed by atoms with E-state index in [1.54, 1.807) is 12.0 Å². The summed E-state index contributed by atoms with van der Waals surface area (Å²) in [6.45, 7) is 1.26. The molecule has 1 aliphatic carbocycles. The van der Waals surface area contributed by atoms with Crippen LogP contribution in [0.2, 0.25) is 0 Å². The number of hydrogen-bond donors (Lipinski definition) is 1. The molecule has 1 rings (SSSR count). The van der Waals surface area contributed by atoms with Crippen molar-refractivity contribution in [3.63, 3.8) is 0 Å². The van der Waals surface area contributed by atoms with E-state index in [4.69, 9.17) is 10.5 Å². The monoisotopic (exact) mass is 214 g/mol. The van der Waals surface area contributed by atoms with Crippen LogP contribution in [0.3, 0.4) is 0 Å². The quantitative estimate of drug-likeness (QED) is 0.729. The molecule has 1 fully saturated rings. The third kappa shape index (κ3) is 3.80. The molecule has 0 bridgehead atoms. The molecule has 0 saturated heterocycles. The smallest absolute Gasteiger partial charge is 0.222 e. The average molecular weight is 214 g/mol. The lowest BCUT2D eigenvalue weighted by Gasteiger charge is -2.20. The molecule has 2 atom stereocenters. The number of ether oxygens (including phenoxy) is 1. The standard InChI is InChI=1S/C11H22N2O2/c1-13(6-7-15-2)11(14)8-9-4-3-5-10(9)12/h9-10H,3-8,12H2,1-2H3/t9-,10+/m0/s1. The minimum atomic E-state index is 0.189. The van der Waals surface area contributed by atoms with Crippen LogP contribution in [-0.2, 0) is 9.53 Å². The molecule has 1 saturated carbocycles. The second kappa shape index (κ2) is 6.08. The van der Waals surface area contributed by atoms with E-state index in [9.17, 15) is 4.79 Å². The normalized spacial score (nSPS) is 25.5. The van der Waals surface area contributed by atoms with Gasteiger partial charge in [-0.1, -0.05) is 6.42 Å². The van der Waals surface area contributed by atoms with Gasteiger partial charge >= 0.3 is 0 Å². The number of nitrogens with two attached hydrogens (primary N) is 1. The van der Waals surface area contributed by atoms with E-state index in [-0.39, 0.29) is 11.9 Å². The third-order valence-electron chi connectivity index (χ3n) is 3.21. The molecule has 0 spiro atoms. The fraction of sp³-hybridized carbons (Fsp3) is 0.909. The molecule has 0 aliphatic heterocycles. The lowest BCUT2D eigenvalue weighted by atomic mass is 9.99. The number of carbonyl (C=O) groups excluding carboxylic acids is 1. The van der Waals surface area contributed by atoms with Gasteiger partial charge in [0.2, 0.25) is 5.91 Å². The van der Waals surface area contributed by atoms with Crippen molar-refractivity contribution in [1.29, 1.82) is 0 Å². The molecule has 2 N–H and O–H groups in total. The van der Waals surface area contributed by atoms with Gasteiger partial charge in [-0.25, -0.2) is 0 Å². The van der Waals surface area contributed by atoms with Gasteiger partial charge in [0, 0.05) is 33.2 Å². The lowest BCUT2D eigenvalue weighted by molar-refractivity contribution is -0.131. The summed E-state index contributed by atoms with van der Waals surface area (Å²) < 4.78 is 4.94. The molecule has 15 heavy (non-hydrogen) atoms. The first-order valence-electron chi connectivity index (χ1n) is 5.63. The van der Waals surface area contributed by atoms with Crippen LogP contribution in [0.5, 0.6) is 0 Å². The number of rotatable bonds is 5. The molecule has 4 heteroatoms. The highest BCUT2D eigenvalue weighted by Crippen LogP contribution is 2.27. The van der Waals surface area contributed by atoms with Crippen molar-refractivity contribution in [1.82, 2.24) is 4.90 Å². The molecule has 1 aliphatic rings. The van der Waals surface area contributed by atoms with E-state index in [2.05, 4.69) is 0 Å². The van der Waals surface area contributed by atoms with Crippen molar-refractivity contribution < 1.29 is 9.53 Å². The number of carbonyl (C=O) groups is 1. The minimum Gasteiger partial charge on any atom is -0.383 e. The molecule has 0 aromatic carbocycles. The van der Waals surface area contributed by atoms with E-state index in [1.807, 2.05) is 7.05 Å². The highest BCUT2D eigenvalue weighted by molar-refractivity contribution is 5.76. The van der Waals surface area contributed by atoms with E-state index in [1.165, 1.54) is 6.42 Å². The SMILES string of the molecule is COCCN(C)C(=O)C[C@@H]1CCC[C@H]1N. The molecule has 0 radical (unpaired) electrons. The predicted molar refractivity (Wildman–Crippen MR) is 59.4 cm³/mol. The molecule has 88 valence electrons.